The maximum absolute atomic E-state index is 14.1. The Labute approximate surface area is 218 Å². The van der Waals surface area contributed by atoms with Crippen LogP contribution in [0.4, 0.5) is 10.1 Å². The highest BCUT2D eigenvalue weighted by Crippen LogP contribution is 2.28. The minimum absolute atomic E-state index is 0.0211. The van der Waals surface area contributed by atoms with Gasteiger partial charge in [-0.05, 0) is 62.8 Å². The van der Waals surface area contributed by atoms with Gasteiger partial charge in [-0.15, -0.1) is 0 Å². The van der Waals surface area contributed by atoms with Crippen molar-refractivity contribution in [3.8, 4) is 0 Å². The molecule has 1 saturated heterocycles. The van der Waals surface area contributed by atoms with Crippen LogP contribution in [0.3, 0.4) is 0 Å². The van der Waals surface area contributed by atoms with Gasteiger partial charge < -0.3 is 19.3 Å². The number of anilines is 1. The second-order valence-corrected chi connectivity index (χ2v) is 9.66. The van der Waals surface area contributed by atoms with Gasteiger partial charge in [0.05, 0.1) is 30.9 Å². The number of hydrogen-bond donors (Lipinski definition) is 1. The van der Waals surface area contributed by atoms with Crippen LogP contribution >= 0.6 is 0 Å². The van der Waals surface area contributed by atoms with Crippen LogP contribution in [0.5, 0.6) is 0 Å². The Morgan fingerprint density at radius 2 is 1.68 bits per heavy atom. The summed E-state index contributed by atoms with van der Waals surface area (Å²) in [7, 11) is 0. The summed E-state index contributed by atoms with van der Waals surface area (Å²) in [6.45, 7) is 6.99. The zero-order valence-corrected chi connectivity index (χ0v) is 22.1. The molecule has 0 spiro atoms. The number of nitrogens with one attached hydrogen (secondary N) is 1. The molecule has 1 aliphatic rings. The number of carbonyl (C=O) groups is 3. The lowest BCUT2D eigenvalue weighted by Gasteiger charge is -2.42. The molecule has 2 aromatic carbocycles. The van der Waals surface area contributed by atoms with E-state index in [-0.39, 0.29) is 42.9 Å². The summed E-state index contributed by atoms with van der Waals surface area (Å²) in [5.74, 6) is -1.93. The Kier molecular flexibility index (Phi) is 10.2. The molecule has 1 heterocycles. The van der Waals surface area contributed by atoms with Crippen LogP contribution in [0.15, 0.2) is 42.5 Å². The maximum atomic E-state index is 14.1. The molecule has 200 valence electrons. The van der Waals surface area contributed by atoms with E-state index in [0.29, 0.717) is 29.6 Å². The minimum atomic E-state index is -0.698. The third-order valence-corrected chi connectivity index (χ3v) is 7.04. The lowest BCUT2D eigenvalue weighted by molar-refractivity contribution is -0.935. The fourth-order valence-electron chi connectivity index (χ4n) is 5.25. The Bertz CT molecular complexity index is 1080. The van der Waals surface area contributed by atoms with E-state index in [9.17, 15) is 18.8 Å². The molecule has 8 heteroatoms. The molecule has 1 fully saturated rings. The molecule has 0 aromatic heterocycles. The lowest BCUT2D eigenvalue weighted by atomic mass is 10.0. The number of rotatable bonds is 10. The van der Waals surface area contributed by atoms with Gasteiger partial charge in [0.15, 0.2) is 12.6 Å². The summed E-state index contributed by atoms with van der Waals surface area (Å²) in [6.07, 6.45) is 4.38. The summed E-state index contributed by atoms with van der Waals surface area (Å²) < 4.78 is 25.1. The summed E-state index contributed by atoms with van der Waals surface area (Å²) in [6, 6.07) is 11.3. The van der Waals surface area contributed by atoms with E-state index in [0.717, 1.165) is 37.3 Å². The minimum Gasteiger partial charge on any atom is -0.462 e. The van der Waals surface area contributed by atoms with Gasteiger partial charge in [-0.1, -0.05) is 37.3 Å². The molecule has 0 aliphatic carbocycles. The molecule has 0 saturated carbocycles. The Balaban J connectivity index is 1.85. The molecular weight excluding hydrogens is 475 g/mol. The second kappa shape index (κ2) is 13.3. The zero-order valence-electron chi connectivity index (χ0n) is 22.1. The topological polar surface area (TPSA) is 81.7 Å². The predicted octanol–water partition coefficient (Wildman–Crippen LogP) is 5.16. The molecule has 1 atom stereocenters. The lowest BCUT2D eigenvalue weighted by Crippen LogP contribution is -2.62. The first-order valence-electron chi connectivity index (χ1n) is 13.1. The average molecular weight is 514 g/mol. The Hall–Kier alpha value is -3.26. The van der Waals surface area contributed by atoms with Crippen molar-refractivity contribution in [1.29, 1.82) is 0 Å². The molecule has 0 radical (unpaired) electrons. The quantitative estimate of drug-likeness (QED) is 0.351. The molecule has 7 nitrogen and oxygen atoms in total. The maximum Gasteiger partial charge on any atom is 0.362 e. The van der Waals surface area contributed by atoms with Gasteiger partial charge in [-0.25, -0.2) is 14.0 Å². The van der Waals surface area contributed by atoms with E-state index in [1.807, 2.05) is 37.3 Å². The van der Waals surface area contributed by atoms with E-state index in [2.05, 4.69) is 5.32 Å². The number of aryl methyl sites for hydroxylation is 1. The van der Waals surface area contributed by atoms with Crippen molar-refractivity contribution in [2.24, 2.45) is 0 Å². The first-order chi connectivity index (χ1) is 17.8. The number of quaternary nitrogens is 1. The van der Waals surface area contributed by atoms with Crippen LogP contribution in [-0.4, -0.2) is 54.6 Å². The van der Waals surface area contributed by atoms with Gasteiger partial charge in [0, 0.05) is 6.42 Å². The van der Waals surface area contributed by atoms with Crippen molar-refractivity contribution >= 4 is 23.5 Å². The van der Waals surface area contributed by atoms with Crippen LogP contribution < -0.4 is 5.32 Å². The monoisotopic (exact) mass is 513 g/mol. The van der Waals surface area contributed by atoms with Crippen molar-refractivity contribution < 1.29 is 32.7 Å². The van der Waals surface area contributed by atoms with E-state index in [4.69, 9.17) is 9.47 Å². The Morgan fingerprint density at radius 3 is 2.30 bits per heavy atom. The van der Waals surface area contributed by atoms with Crippen molar-refractivity contribution in [2.45, 2.75) is 65.5 Å². The van der Waals surface area contributed by atoms with Crippen LogP contribution in [0.1, 0.15) is 67.4 Å². The zero-order chi connectivity index (χ0) is 26.8. The van der Waals surface area contributed by atoms with Crippen LogP contribution in [0, 0.1) is 12.7 Å². The summed E-state index contributed by atoms with van der Waals surface area (Å²) in [4.78, 5) is 39.3. The number of esters is 2. The molecular formula is C29H38FN2O5+. The highest BCUT2D eigenvalue weighted by atomic mass is 19.1. The van der Waals surface area contributed by atoms with Gasteiger partial charge in [0.25, 0.3) is 5.91 Å². The van der Waals surface area contributed by atoms with Crippen LogP contribution in [0.25, 0.3) is 0 Å². The van der Waals surface area contributed by atoms with E-state index in [1.165, 1.54) is 6.07 Å². The summed E-state index contributed by atoms with van der Waals surface area (Å²) in [5.41, 5.74) is 1.55. The van der Waals surface area contributed by atoms with Crippen molar-refractivity contribution in [3.63, 3.8) is 0 Å². The van der Waals surface area contributed by atoms with Gasteiger partial charge in [0.2, 0.25) is 0 Å². The van der Waals surface area contributed by atoms with Crippen LogP contribution in [-0.2, 0) is 25.7 Å². The fourth-order valence-corrected chi connectivity index (χ4v) is 5.25. The number of hydrogen-bond acceptors (Lipinski definition) is 5. The number of likely N-dealkylation sites (tertiary alicyclic amines) is 1. The van der Waals surface area contributed by atoms with Gasteiger partial charge in [-0.2, -0.15) is 0 Å². The molecule has 3 rings (SSSR count). The standard InChI is InChI=1S/C29H37FN2O5/c1-4-25(28(34)31-27-21(3)17-23(30)18-24(27)29(35)36-5-2)32(15-11-6-7-12-16-32)19-26(33)37-20-22-13-9-8-10-14-22/h8-10,13-14,17-18,25H,4-7,11-12,15-16,19-20H2,1-3H3/p+1. The highest BCUT2D eigenvalue weighted by molar-refractivity contribution is 6.03. The van der Waals surface area contributed by atoms with Crippen LogP contribution in [0.2, 0.25) is 0 Å². The molecule has 1 amide bonds. The Morgan fingerprint density at radius 1 is 1.00 bits per heavy atom. The predicted molar refractivity (Wildman–Crippen MR) is 139 cm³/mol. The second-order valence-electron chi connectivity index (χ2n) is 9.66. The SMILES string of the molecule is CCOC(=O)c1cc(F)cc(C)c1NC(=O)C(CC)[N+]1(CC(=O)OCc2ccccc2)CCCCCC1. The van der Waals surface area contributed by atoms with Gasteiger partial charge in [-0.3, -0.25) is 4.79 Å². The fraction of sp³-hybridized carbons (Fsp3) is 0.483. The van der Waals surface area contributed by atoms with E-state index in [1.54, 1.807) is 13.8 Å². The first kappa shape index (κ1) is 28.3. The number of carbonyl (C=O) groups excluding carboxylic acids is 3. The smallest absolute Gasteiger partial charge is 0.362 e. The molecule has 1 unspecified atom stereocenters. The molecule has 1 N–H and O–H groups in total. The van der Waals surface area contributed by atoms with E-state index >= 15 is 0 Å². The van der Waals surface area contributed by atoms with Crippen molar-refractivity contribution in [2.75, 3.05) is 31.6 Å². The number of amides is 1. The van der Waals surface area contributed by atoms with Crippen molar-refractivity contribution in [1.82, 2.24) is 0 Å². The average Bonchev–Trinajstić information content (AvgIpc) is 3.11. The van der Waals surface area contributed by atoms with E-state index < -0.39 is 17.8 Å². The molecule has 2 aromatic rings. The molecule has 1 aliphatic heterocycles. The number of nitrogens with zero attached hydrogens (tertiary/aromatic N) is 1. The number of benzene rings is 2. The summed E-state index contributed by atoms with van der Waals surface area (Å²) in [5, 5.41) is 2.90. The summed E-state index contributed by atoms with van der Waals surface area (Å²) >= 11 is 0. The molecule has 0 bridgehead atoms. The highest BCUT2D eigenvalue weighted by Gasteiger charge is 2.43. The third-order valence-electron chi connectivity index (χ3n) is 7.04. The third kappa shape index (κ3) is 7.38. The van der Waals surface area contributed by atoms with Gasteiger partial charge in [0.1, 0.15) is 12.4 Å². The number of ether oxygens (including phenoxy) is 2. The van der Waals surface area contributed by atoms with Crippen molar-refractivity contribution in [3.05, 3.63) is 65.0 Å². The largest absolute Gasteiger partial charge is 0.462 e. The van der Waals surface area contributed by atoms with Gasteiger partial charge >= 0.3 is 11.9 Å². The molecule has 37 heavy (non-hydrogen) atoms. The normalized spacial score (nSPS) is 15.8. The first-order valence-corrected chi connectivity index (χ1v) is 13.1. The number of halogens is 1.